The molecule has 1 aromatic heterocycles. The van der Waals surface area contributed by atoms with E-state index >= 15 is 0 Å². The topological polar surface area (TPSA) is 55.2 Å². The fourth-order valence-electron chi connectivity index (χ4n) is 3.50. The number of morpholine rings is 1. The number of hydrogen-bond donors (Lipinski definition) is 0. The van der Waals surface area contributed by atoms with Gasteiger partial charge in [0.2, 0.25) is 5.91 Å². The minimum atomic E-state index is 0.0103. The molecule has 0 N–H and O–H groups in total. The first-order chi connectivity index (χ1) is 11.1. The Morgan fingerprint density at radius 2 is 2.30 bits per heavy atom. The molecule has 128 valence electrons. The number of nitrogens with zero attached hydrogens (tertiary/aromatic N) is 2. The molecule has 0 bridgehead atoms. The summed E-state index contributed by atoms with van der Waals surface area (Å²) in [5.74, 6) is 1.47. The largest absolute Gasteiger partial charge is 0.468 e. The fourth-order valence-corrected chi connectivity index (χ4v) is 3.50. The Hall–Kier alpha value is -1.37. The van der Waals surface area contributed by atoms with E-state index in [-0.39, 0.29) is 18.6 Å². The van der Waals surface area contributed by atoms with Crippen LogP contribution < -0.4 is 0 Å². The SMILES string of the molecule is CN(C)C(=O)COC[C@H]1C[C@@H]2OCCN(Cc3ccco3)[C@H]2C1. The number of carbonyl (C=O) groups excluding carboxylic acids is 1. The maximum atomic E-state index is 11.6. The number of amides is 1. The lowest BCUT2D eigenvalue weighted by Crippen LogP contribution is -2.47. The summed E-state index contributed by atoms with van der Waals surface area (Å²) in [5, 5.41) is 0. The maximum absolute atomic E-state index is 11.6. The number of fused-ring (bicyclic) bond motifs is 1. The summed E-state index contributed by atoms with van der Waals surface area (Å²) in [4.78, 5) is 15.6. The number of ether oxygens (including phenoxy) is 2. The van der Waals surface area contributed by atoms with Crippen LogP contribution in [-0.4, -0.2) is 68.3 Å². The van der Waals surface area contributed by atoms with Crippen molar-refractivity contribution in [2.75, 3.05) is 40.5 Å². The molecule has 1 amide bonds. The number of rotatable bonds is 6. The normalized spacial score (nSPS) is 27.8. The lowest BCUT2D eigenvalue weighted by Gasteiger charge is -2.37. The summed E-state index contributed by atoms with van der Waals surface area (Å²) in [5.41, 5.74) is 0. The minimum absolute atomic E-state index is 0.0103. The molecule has 2 heterocycles. The number of furan rings is 1. The smallest absolute Gasteiger partial charge is 0.248 e. The second kappa shape index (κ2) is 7.47. The molecule has 23 heavy (non-hydrogen) atoms. The first-order valence-electron chi connectivity index (χ1n) is 8.29. The van der Waals surface area contributed by atoms with Crippen LogP contribution in [0.1, 0.15) is 18.6 Å². The summed E-state index contributed by atoms with van der Waals surface area (Å²) in [6, 6.07) is 4.37. The molecular formula is C17H26N2O4. The van der Waals surface area contributed by atoms with Gasteiger partial charge in [-0.05, 0) is 30.9 Å². The zero-order chi connectivity index (χ0) is 16.2. The Balaban J connectivity index is 1.49. The van der Waals surface area contributed by atoms with Crippen molar-refractivity contribution in [1.82, 2.24) is 9.80 Å². The van der Waals surface area contributed by atoms with Gasteiger partial charge in [0.1, 0.15) is 12.4 Å². The zero-order valence-corrected chi connectivity index (χ0v) is 13.9. The van der Waals surface area contributed by atoms with Gasteiger partial charge in [-0.15, -0.1) is 0 Å². The third kappa shape index (κ3) is 4.13. The van der Waals surface area contributed by atoms with Gasteiger partial charge in [0.25, 0.3) is 0 Å². The van der Waals surface area contributed by atoms with E-state index in [1.54, 1.807) is 25.3 Å². The van der Waals surface area contributed by atoms with Gasteiger partial charge < -0.3 is 18.8 Å². The molecule has 3 atom stereocenters. The second-order valence-corrected chi connectivity index (χ2v) is 6.67. The predicted molar refractivity (Wildman–Crippen MR) is 84.9 cm³/mol. The van der Waals surface area contributed by atoms with Crippen LogP contribution in [0.3, 0.4) is 0 Å². The minimum Gasteiger partial charge on any atom is -0.468 e. The van der Waals surface area contributed by atoms with Crippen molar-refractivity contribution < 1.29 is 18.7 Å². The number of hydrogen-bond acceptors (Lipinski definition) is 5. The molecule has 0 unspecified atom stereocenters. The van der Waals surface area contributed by atoms with Crippen molar-refractivity contribution in [2.24, 2.45) is 5.92 Å². The van der Waals surface area contributed by atoms with Crippen molar-refractivity contribution in [2.45, 2.75) is 31.5 Å². The molecule has 2 aliphatic rings. The summed E-state index contributed by atoms with van der Waals surface area (Å²) in [7, 11) is 3.49. The molecule has 0 spiro atoms. The van der Waals surface area contributed by atoms with E-state index in [1.807, 2.05) is 12.1 Å². The molecular weight excluding hydrogens is 296 g/mol. The Labute approximate surface area is 137 Å². The summed E-state index contributed by atoms with van der Waals surface area (Å²) < 4.78 is 17.0. The fraction of sp³-hybridized carbons (Fsp3) is 0.706. The highest BCUT2D eigenvalue weighted by atomic mass is 16.5. The van der Waals surface area contributed by atoms with Gasteiger partial charge in [-0.25, -0.2) is 0 Å². The lowest BCUT2D eigenvalue weighted by atomic mass is 10.1. The van der Waals surface area contributed by atoms with Crippen molar-refractivity contribution >= 4 is 5.91 Å². The van der Waals surface area contributed by atoms with Gasteiger partial charge in [0.15, 0.2) is 0 Å². The quantitative estimate of drug-likeness (QED) is 0.792. The highest BCUT2D eigenvalue weighted by molar-refractivity contribution is 5.76. The van der Waals surface area contributed by atoms with Crippen LogP contribution in [0.4, 0.5) is 0 Å². The maximum Gasteiger partial charge on any atom is 0.248 e. The third-order valence-electron chi connectivity index (χ3n) is 4.77. The van der Waals surface area contributed by atoms with Crippen molar-refractivity contribution in [3.05, 3.63) is 24.2 Å². The lowest BCUT2D eigenvalue weighted by molar-refractivity contribution is -0.134. The van der Waals surface area contributed by atoms with Crippen LogP contribution in [0.2, 0.25) is 0 Å². The average molecular weight is 322 g/mol. The van der Waals surface area contributed by atoms with Crippen molar-refractivity contribution in [3.63, 3.8) is 0 Å². The number of likely N-dealkylation sites (N-methyl/N-ethyl adjacent to an activating group) is 1. The third-order valence-corrected chi connectivity index (χ3v) is 4.77. The van der Waals surface area contributed by atoms with Crippen molar-refractivity contribution in [3.8, 4) is 0 Å². The van der Waals surface area contributed by atoms with E-state index in [4.69, 9.17) is 13.9 Å². The zero-order valence-electron chi connectivity index (χ0n) is 13.9. The summed E-state index contributed by atoms with van der Waals surface area (Å²) in [6.07, 6.45) is 4.06. The Bertz CT molecular complexity index is 503. The first-order valence-corrected chi connectivity index (χ1v) is 8.29. The monoisotopic (exact) mass is 322 g/mol. The van der Waals surface area contributed by atoms with Crippen LogP contribution in [0.15, 0.2) is 22.8 Å². The standard InChI is InChI=1S/C17H26N2O4/c1-18(2)17(20)12-21-11-13-8-15-16(9-13)23-7-5-19(15)10-14-4-3-6-22-14/h3-4,6,13,15-16H,5,7-12H2,1-2H3/t13-,15+,16+/m1/s1. The van der Waals surface area contributed by atoms with Gasteiger partial charge in [-0.1, -0.05) is 0 Å². The van der Waals surface area contributed by atoms with E-state index in [1.165, 1.54) is 0 Å². The second-order valence-electron chi connectivity index (χ2n) is 6.67. The summed E-state index contributed by atoms with van der Waals surface area (Å²) >= 11 is 0. The predicted octanol–water partition coefficient (Wildman–Crippen LogP) is 1.36. The molecule has 6 nitrogen and oxygen atoms in total. The van der Waals surface area contributed by atoms with Crippen LogP contribution in [0, 0.1) is 5.92 Å². The first kappa shape index (κ1) is 16.5. The van der Waals surface area contributed by atoms with E-state index in [0.717, 1.165) is 38.3 Å². The molecule has 1 saturated carbocycles. The van der Waals surface area contributed by atoms with Crippen LogP contribution in [-0.2, 0) is 20.8 Å². The van der Waals surface area contributed by atoms with Gasteiger partial charge in [0, 0.05) is 26.7 Å². The van der Waals surface area contributed by atoms with Gasteiger partial charge >= 0.3 is 0 Å². The van der Waals surface area contributed by atoms with Crippen LogP contribution in [0.5, 0.6) is 0 Å². The molecule has 3 rings (SSSR count). The average Bonchev–Trinajstić information content (AvgIpc) is 3.16. The Morgan fingerprint density at radius 3 is 3.04 bits per heavy atom. The highest BCUT2D eigenvalue weighted by Crippen LogP contribution is 2.35. The molecule has 1 aliphatic heterocycles. The highest BCUT2D eigenvalue weighted by Gasteiger charge is 2.41. The molecule has 6 heteroatoms. The molecule has 1 aromatic rings. The Morgan fingerprint density at radius 1 is 1.43 bits per heavy atom. The van der Waals surface area contributed by atoms with Crippen LogP contribution >= 0.6 is 0 Å². The van der Waals surface area contributed by atoms with E-state index in [9.17, 15) is 4.79 Å². The molecule has 2 fully saturated rings. The van der Waals surface area contributed by atoms with Crippen LogP contribution in [0.25, 0.3) is 0 Å². The van der Waals surface area contributed by atoms with Gasteiger partial charge in [-0.3, -0.25) is 9.69 Å². The summed E-state index contributed by atoms with van der Waals surface area (Å²) in [6.45, 7) is 3.34. The molecule has 1 aliphatic carbocycles. The molecule has 0 radical (unpaired) electrons. The number of carbonyl (C=O) groups is 1. The van der Waals surface area contributed by atoms with Crippen molar-refractivity contribution in [1.29, 1.82) is 0 Å². The van der Waals surface area contributed by atoms with E-state index in [2.05, 4.69) is 4.90 Å². The van der Waals surface area contributed by atoms with Gasteiger partial charge in [0.05, 0.1) is 32.1 Å². The Kier molecular flexibility index (Phi) is 5.35. The molecule has 0 aromatic carbocycles. The molecule has 1 saturated heterocycles. The van der Waals surface area contributed by atoms with E-state index in [0.29, 0.717) is 18.6 Å². The van der Waals surface area contributed by atoms with E-state index < -0.39 is 0 Å². The van der Waals surface area contributed by atoms with Gasteiger partial charge in [-0.2, -0.15) is 0 Å².